The van der Waals surface area contributed by atoms with Crippen molar-refractivity contribution < 1.29 is 9.13 Å². The zero-order valence-electron chi connectivity index (χ0n) is 8.02. The van der Waals surface area contributed by atoms with Crippen LogP contribution in [0, 0.1) is 5.82 Å². The molecule has 4 nitrogen and oxygen atoms in total. The molecule has 0 aliphatic heterocycles. The molecule has 0 amide bonds. The molecular weight excluding hydrogens is 233 g/mol. The zero-order valence-corrected chi connectivity index (χ0v) is 8.78. The van der Waals surface area contributed by atoms with E-state index < -0.39 is 5.82 Å². The number of hydrogen-bond acceptors (Lipinski definition) is 4. The number of nitrogen functional groups attached to an aromatic ring is 1. The Kier molecular flexibility index (Phi) is 2.87. The van der Waals surface area contributed by atoms with Crippen molar-refractivity contribution >= 4 is 17.3 Å². The molecule has 0 fully saturated rings. The minimum Gasteiger partial charge on any atom is -0.422 e. The summed E-state index contributed by atoms with van der Waals surface area (Å²) in [5.41, 5.74) is 6.02. The van der Waals surface area contributed by atoms with Gasteiger partial charge in [0, 0.05) is 5.02 Å². The summed E-state index contributed by atoms with van der Waals surface area (Å²) < 4.78 is 17.8. The monoisotopic (exact) mass is 239 g/mol. The van der Waals surface area contributed by atoms with Gasteiger partial charge in [0.2, 0.25) is 0 Å². The minimum absolute atomic E-state index is 0.0235. The second kappa shape index (κ2) is 4.32. The molecule has 0 saturated carbocycles. The van der Waals surface area contributed by atoms with E-state index in [1.54, 1.807) is 18.2 Å². The van der Waals surface area contributed by atoms with Gasteiger partial charge in [-0.25, -0.2) is 14.4 Å². The highest BCUT2D eigenvalue weighted by Gasteiger charge is 2.04. The number of benzene rings is 1. The third kappa shape index (κ3) is 2.38. The number of ether oxygens (including phenoxy) is 1. The molecule has 0 radical (unpaired) electrons. The van der Waals surface area contributed by atoms with Crippen LogP contribution in [-0.4, -0.2) is 9.97 Å². The molecule has 0 aliphatic rings. The lowest BCUT2D eigenvalue weighted by Gasteiger charge is -2.06. The fourth-order valence-electron chi connectivity index (χ4n) is 1.06. The smallest absolute Gasteiger partial charge is 0.322 e. The van der Waals surface area contributed by atoms with Crippen LogP contribution in [0.5, 0.6) is 11.8 Å². The maximum atomic E-state index is 12.5. The maximum absolute atomic E-state index is 12.5. The third-order valence-electron chi connectivity index (χ3n) is 1.77. The second-order valence-electron chi connectivity index (χ2n) is 2.97. The Balaban J connectivity index is 2.23. The molecule has 6 heteroatoms. The van der Waals surface area contributed by atoms with Crippen LogP contribution < -0.4 is 10.5 Å². The van der Waals surface area contributed by atoms with Gasteiger partial charge in [-0.2, -0.15) is 0 Å². The number of halogens is 2. The second-order valence-corrected chi connectivity index (χ2v) is 3.40. The Morgan fingerprint density at radius 2 is 1.94 bits per heavy atom. The lowest BCUT2D eigenvalue weighted by Crippen LogP contribution is -1.95. The van der Waals surface area contributed by atoms with Gasteiger partial charge in [0.15, 0.2) is 11.6 Å². The molecule has 0 aliphatic carbocycles. The van der Waals surface area contributed by atoms with Crippen LogP contribution in [0.4, 0.5) is 10.1 Å². The first-order chi connectivity index (χ1) is 7.65. The highest BCUT2D eigenvalue weighted by atomic mass is 35.5. The van der Waals surface area contributed by atoms with E-state index in [1.807, 2.05) is 0 Å². The summed E-state index contributed by atoms with van der Waals surface area (Å²) in [6.07, 6.45) is 2.02. The Morgan fingerprint density at radius 3 is 2.56 bits per heavy atom. The summed E-state index contributed by atoms with van der Waals surface area (Å²) in [4.78, 5) is 7.28. The van der Waals surface area contributed by atoms with Gasteiger partial charge in [-0.05, 0) is 18.2 Å². The van der Waals surface area contributed by atoms with Gasteiger partial charge in [-0.15, -0.1) is 0 Å². The highest BCUT2D eigenvalue weighted by Crippen LogP contribution is 2.27. The van der Waals surface area contributed by atoms with Crippen molar-refractivity contribution in [1.29, 1.82) is 0 Å². The van der Waals surface area contributed by atoms with Crippen LogP contribution in [0.1, 0.15) is 0 Å². The Hall–Kier alpha value is -1.88. The van der Waals surface area contributed by atoms with E-state index in [0.717, 1.165) is 12.4 Å². The molecule has 16 heavy (non-hydrogen) atoms. The molecule has 0 bridgehead atoms. The van der Waals surface area contributed by atoms with Gasteiger partial charge in [0.05, 0.1) is 18.1 Å². The topological polar surface area (TPSA) is 61.0 Å². The molecule has 1 heterocycles. The van der Waals surface area contributed by atoms with Crippen LogP contribution in [-0.2, 0) is 0 Å². The fourth-order valence-corrected chi connectivity index (χ4v) is 1.24. The average molecular weight is 240 g/mol. The Labute approximate surface area is 95.9 Å². The van der Waals surface area contributed by atoms with Gasteiger partial charge < -0.3 is 10.5 Å². The van der Waals surface area contributed by atoms with Gasteiger partial charge in [-0.1, -0.05) is 11.6 Å². The first kappa shape index (κ1) is 10.6. The van der Waals surface area contributed by atoms with Crippen molar-refractivity contribution in [3.63, 3.8) is 0 Å². The van der Waals surface area contributed by atoms with Crippen molar-refractivity contribution in [2.24, 2.45) is 0 Å². The van der Waals surface area contributed by atoms with E-state index in [1.165, 1.54) is 0 Å². The molecule has 2 N–H and O–H groups in total. The van der Waals surface area contributed by atoms with Gasteiger partial charge >= 0.3 is 6.01 Å². The molecule has 2 rings (SSSR count). The molecule has 2 aromatic rings. The average Bonchev–Trinajstić information content (AvgIpc) is 2.25. The Morgan fingerprint density at radius 1 is 1.25 bits per heavy atom. The summed E-state index contributed by atoms with van der Waals surface area (Å²) in [5, 5.41) is 0.505. The maximum Gasteiger partial charge on any atom is 0.322 e. The van der Waals surface area contributed by atoms with Gasteiger partial charge in [0.25, 0.3) is 0 Å². The molecule has 0 spiro atoms. The summed E-state index contributed by atoms with van der Waals surface area (Å²) >= 11 is 5.72. The van der Waals surface area contributed by atoms with E-state index in [0.29, 0.717) is 16.5 Å². The normalized spacial score (nSPS) is 10.1. The standard InChI is InChI=1S/C10H7ClFN3O/c11-6-1-2-9(8(13)3-6)16-10-14-4-7(12)5-15-10/h1-5H,13H2. The lowest BCUT2D eigenvalue weighted by atomic mass is 10.3. The van der Waals surface area contributed by atoms with Crippen LogP contribution >= 0.6 is 11.6 Å². The summed E-state index contributed by atoms with van der Waals surface area (Å²) in [6, 6.07) is 4.78. The van der Waals surface area contributed by atoms with Gasteiger partial charge in [-0.3, -0.25) is 0 Å². The molecule has 0 atom stereocenters. The minimum atomic E-state index is -0.531. The van der Waals surface area contributed by atoms with Crippen molar-refractivity contribution in [1.82, 2.24) is 9.97 Å². The molecular formula is C10H7ClFN3O. The van der Waals surface area contributed by atoms with E-state index in [4.69, 9.17) is 22.1 Å². The number of aromatic nitrogens is 2. The molecule has 1 aromatic heterocycles. The summed E-state index contributed by atoms with van der Waals surface area (Å²) in [7, 11) is 0. The van der Waals surface area contributed by atoms with Crippen molar-refractivity contribution in [2.45, 2.75) is 0 Å². The first-order valence-corrected chi connectivity index (χ1v) is 4.73. The SMILES string of the molecule is Nc1cc(Cl)ccc1Oc1ncc(F)cn1. The molecule has 82 valence electrons. The first-order valence-electron chi connectivity index (χ1n) is 4.35. The fraction of sp³-hybridized carbons (Fsp3) is 0. The van der Waals surface area contributed by atoms with Crippen molar-refractivity contribution in [3.8, 4) is 11.8 Å². The molecule has 1 aromatic carbocycles. The van der Waals surface area contributed by atoms with Crippen molar-refractivity contribution in [2.75, 3.05) is 5.73 Å². The number of anilines is 1. The predicted molar refractivity (Wildman–Crippen MR) is 57.9 cm³/mol. The van der Waals surface area contributed by atoms with Crippen LogP contribution in [0.25, 0.3) is 0 Å². The van der Waals surface area contributed by atoms with Crippen molar-refractivity contribution in [3.05, 3.63) is 41.4 Å². The van der Waals surface area contributed by atoms with Crippen LogP contribution in [0.3, 0.4) is 0 Å². The quantitative estimate of drug-likeness (QED) is 0.819. The van der Waals surface area contributed by atoms with Gasteiger partial charge in [0.1, 0.15) is 0 Å². The number of nitrogens with zero attached hydrogens (tertiary/aromatic N) is 2. The number of hydrogen-bond donors (Lipinski definition) is 1. The number of rotatable bonds is 2. The van der Waals surface area contributed by atoms with E-state index >= 15 is 0 Å². The van der Waals surface area contributed by atoms with E-state index in [-0.39, 0.29) is 6.01 Å². The summed E-state index contributed by atoms with van der Waals surface area (Å²) in [5.74, 6) is -0.160. The lowest BCUT2D eigenvalue weighted by molar-refractivity contribution is 0.438. The van der Waals surface area contributed by atoms with E-state index in [2.05, 4.69) is 9.97 Å². The highest BCUT2D eigenvalue weighted by molar-refractivity contribution is 6.30. The summed E-state index contributed by atoms with van der Waals surface area (Å²) in [6.45, 7) is 0. The van der Waals surface area contributed by atoms with Crippen LogP contribution in [0.15, 0.2) is 30.6 Å². The van der Waals surface area contributed by atoms with E-state index in [9.17, 15) is 4.39 Å². The zero-order chi connectivity index (χ0) is 11.5. The van der Waals surface area contributed by atoms with Crippen LogP contribution in [0.2, 0.25) is 5.02 Å². The molecule has 0 unspecified atom stereocenters. The third-order valence-corrected chi connectivity index (χ3v) is 2.00. The largest absolute Gasteiger partial charge is 0.422 e. The molecule has 0 saturated heterocycles. The number of nitrogens with two attached hydrogens (primary N) is 1. The predicted octanol–water partition coefficient (Wildman–Crippen LogP) is 2.64. The Bertz CT molecular complexity index is 504.